The second-order valence-electron chi connectivity index (χ2n) is 14.7. The molecule has 2 aliphatic heterocycles. The largest absolute Gasteiger partial charge is 0.462 e. The van der Waals surface area contributed by atoms with Gasteiger partial charge in [0.2, 0.25) is 0 Å². The summed E-state index contributed by atoms with van der Waals surface area (Å²) in [5, 5.41) is 38.1. The standard InChI is InChI=1S/C20H36O7.C9H16O4.C8H17NO2.C2H6/c1-7-9-13(2)17(23)15(4)18(27-16(5)22)20(6,25)12-26-19(24)14(3)10-8-11-21;1-5-4-8(11)12-6(2)9(5)13-7(3)10;1-6-4-7(9(2)3)5-8(10)11-6;1-2/h13-15,18,21,25H,7-12H2,1-6H3;5-6,8-9,11H,4H2,1-3H3;6-8,10H,4-5H2,1-3H3;1-2H3/t13-,14?,15?,18?,20-;5?,6?,8-,9-;;/m11../s1. The highest BCUT2D eigenvalue weighted by molar-refractivity contribution is 5.84. The quantitative estimate of drug-likeness (QED) is 0.135. The van der Waals surface area contributed by atoms with E-state index in [1.165, 1.54) is 20.8 Å². The highest BCUT2D eigenvalue weighted by Crippen LogP contribution is 2.28. The zero-order chi connectivity index (χ0) is 41.6. The minimum absolute atomic E-state index is 0.0145. The van der Waals surface area contributed by atoms with E-state index in [2.05, 4.69) is 4.90 Å². The molecule has 2 heterocycles. The van der Waals surface area contributed by atoms with Crippen LogP contribution in [0, 0.1) is 23.7 Å². The number of ether oxygens (including phenoxy) is 5. The van der Waals surface area contributed by atoms with Crippen molar-refractivity contribution in [3.63, 3.8) is 0 Å². The van der Waals surface area contributed by atoms with Gasteiger partial charge in [-0.2, -0.15) is 0 Å². The number of carbonyl (C=O) groups excluding carboxylic acids is 4. The maximum absolute atomic E-state index is 12.6. The lowest BCUT2D eigenvalue weighted by Crippen LogP contribution is -2.52. The number of aliphatic hydroxyl groups is 4. The van der Waals surface area contributed by atoms with Crippen LogP contribution in [-0.2, 0) is 42.9 Å². The molecule has 0 aromatic rings. The average Bonchev–Trinajstić information content (AvgIpc) is 3.06. The molecule has 2 fully saturated rings. The van der Waals surface area contributed by atoms with Crippen molar-refractivity contribution in [2.45, 2.75) is 177 Å². The molecule has 0 aromatic heterocycles. The molecule has 2 saturated heterocycles. The second-order valence-corrected chi connectivity index (χ2v) is 14.7. The van der Waals surface area contributed by atoms with Crippen LogP contribution >= 0.6 is 0 Å². The van der Waals surface area contributed by atoms with Crippen LogP contribution < -0.4 is 0 Å². The third kappa shape index (κ3) is 21.5. The molecule has 14 nitrogen and oxygen atoms in total. The Morgan fingerprint density at radius 1 is 0.887 bits per heavy atom. The molecular formula is C39H75NO13. The van der Waals surface area contributed by atoms with Gasteiger partial charge in [-0.3, -0.25) is 19.2 Å². The van der Waals surface area contributed by atoms with E-state index in [-0.39, 0.29) is 48.5 Å². The van der Waals surface area contributed by atoms with Gasteiger partial charge in [-0.1, -0.05) is 54.9 Å². The smallest absolute Gasteiger partial charge is 0.308 e. The average molecular weight is 766 g/mol. The summed E-state index contributed by atoms with van der Waals surface area (Å²) in [4.78, 5) is 49.1. The number of hydrogen-bond donors (Lipinski definition) is 4. The van der Waals surface area contributed by atoms with Gasteiger partial charge in [0, 0.05) is 51.2 Å². The van der Waals surface area contributed by atoms with Gasteiger partial charge in [0.25, 0.3) is 0 Å². The first kappa shape index (κ1) is 52.9. The van der Waals surface area contributed by atoms with Crippen LogP contribution in [0.25, 0.3) is 0 Å². The molecule has 0 aliphatic carbocycles. The van der Waals surface area contributed by atoms with E-state index in [1.807, 2.05) is 55.6 Å². The Bertz CT molecular complexity index is 1020. The summed E-state index contributed by atoms with van der Waals surface area (Å²) in [6.45, 7) is 20.4. The van der Waals surface area contributed by atoms with Gasteiger partial charge in [-0.25, -0.2) is 0 Å². The monoisotopic (exact) mass is 766 g/mol. The summed E-state index contributed by atoms with van der Waals surface area (Å²) in [5.41, 5.74) is -1.71. The van der Waals surface area contributed by atoms with Crippen molar-refractivity contribution in [1.29, 1.82) is 0 Å². The van der Waals surface area contributed by atoms with Crippen molar-refractivity contribution in [1.82, 2.24) is 4.90 Å². The van der Waals surface area contributed by atoms with Crippen LogP contribution in [0.5, 0.6) is 0 Å². The van der Waals surface area contributed by atoms with E-state index in [4.69, 9.17) is 28.8 Å². The molecule has 314 valence electrons. The van der Waals surface area contributed by atoms with Crippen molar-refractivity contribution >= 4 is 23.7 Å². The molecule has 12 atom stereocenters. The third-order valence-electron chi connectivity index (χ3n) is 9.19. The molecule has 0 spiro atoms. The van der Waals surface area contributed by atoms with Crippen molar-refractivity contribution in [2.24, 2.45) is 23.7 Å². The molecule has 14 heteroatoms. The topological polar surface area (TPSA) is 199 Å². The van der Waals surface area contributed by atoms with Crippen LogP contribution in [0.1, 0.15) is 128 Å². The minimum atomic E-state index is -1.71. The van der Waals surface area contributed by atoms with E-state index in [0.29, 0.717) is 31.7 Å². The number of rotatable bonds is 15. The molecule has 0 amide bonds. The van der Waals surface area contributed by atoms with Crippen molar-refractivity contribution < 1.29 is 63.3 Å². The van der Waals surface area contributed by atoms with Gasteiger partial charge < -0.3 is 49.0 Å². The summed E-state index contributed by atoms with van der Waals surface area (Å²) in [7, 11) is 4.07. The van der Waals surface area contributed by atoms with Crippen LogP contribution in [-0.4, -0.2) is 125 Å². The molecule has 0 aromatic carbocycles. The van der Waals surface area contributed by atoms with Crippen LogP contribution in [0.3, 0.4) is 0 Å². The number of esters is 3. The fourth-order valence-electron chi connectivity index (χ4n) is 6.29. The number of ketones is 1. The Balaban J connectivity index is 0. The van der Waals surface area contributed by atoms with E-state index >= 15 is 0 Å². The lowest BCUT2D eigenvalue weighted by Gasteiger charge is -2.36. The fourth-order valence-corrected chi connectivity index (χ4v) is 6.29. The van der Waals surface area contributed by atoms with E-state index in [1.54, 1.807) is 20.8 Å². The fraction of sp³-hybridized carbons (Fsp3) is 0.897. The maximum Gasteiger partial charge on any atom is 0.308 e. The molecule has 2 aliphatic rings. The number of aliphatic hydroxyl groups excluding tert-OH is 3. The normalized spacial score (nSPS) is 27.3. The summed E-state index contributed by atoms with van der Waals surface area (Å²) >= 11 is 0. The molecule has 4 N–H and O–H groups in total. The van der Waals surface area contributed by atoms with Crippen LogP contribution in [0.2, 0.25) is 0 Å². The van der Waals surface area contributed by atoms with Gasteiger partial charge in [-0.15, -0.1) is 0 Å². The van der Waals surface area contributed by atoms with Crippen molar-refractivity contribution in [3.05, 3.63) is 0 Å². The zero-order valence-corrected chi connectivity index (χ0v) is 35.1. The van der Waals surface area contributed by atoms with E-state index in [9.17, 15) is 34.5 Å². The van der Waals surface area contributed by atoms with Gasteiger partial charge in [0.1, 0.15) is 30.2 Å². The Morgan fingerprint density at radius 2 is 1.45 bits per heavy atom. The lowest BCUT2D eigenvalue weighted by atomic mass is 9.82. The molecule has 2 rings (SSSR count). The van der Waals surface area contributed by atoms with Gasteiger partial charge >= 0.3 is 17.9 Å². The maximum atomic E-state index is 12.6. The molecule has 8 unspecified atom stereocenters. The van der Waals surface area contributed by atoms with Crippen LogP contribution in [0.4, 0.5) is 0 Å². The Morgan fingerprint density at radius 3 is 1.91 bits per heavy atom. The summed E-state index contributed by atoms with van der Waals surface area (Å²) < 4.78 is 25.9. The Kier molecular flexibility index (Phi) is 27.3. The first-order chi connectivity index (χ1) is 24.6. The lowest BCUT2D eigenvalue weighted by molar-refractivity contribution is -0.220. The SMILES string of the molecule is CC.CC(=O)O[C@@H]1C(C)C[C@H](O)OC1C.CC1CC(N(C)C)CC(O)O1.CCC[C@@H](C)C(=O)C(C)C(OC(C)=O)[C@](C)(O)COC(=O)C(C)CCCO. The molecule has 0 radical (unpaired) electrons. The van der Waals surface area contributed by atoms with Crippen LogP contribution in [0.15, 0.2) is 0 Å². The molecule has 53 heavy (non-hydrogen) atoms. The number of Topliss-reactive ketones (excluding diaryl/α,β-unsaturated/α-hetero) is 1. The third-order valence-corrected chi connectivity index (χ3v) is 9.19. The number of carbonyl (C=O) groups is 4. The van der Waals surface area contributed by atoms with Crippen molar-refractivity contribution in [2.75, 3.05) is 27.3 Å². The second kappa shape index (κ2) is 27.4. The predicted octanol–water partition coefficient (Wildman–Crippen LogP) is 4.40. The highest BCUT2D eigenvalue weighted by atomic mass is 16.6. The Hall–Kier alpha value is -2.20. The minimum Gasteiger partial charge on any atom is -0.462 e. The predicted molar refractivity (Wildman–Crippen MR) is 201 cm³/mol. The summed E-state index contributed by atoms with van der Waals surface area (Å²) in [5.74, 6) is -2.79. The Labute approximate surface area is 319 Å². The number of hydrogen-bond acceptors (Lipinski definition) is 14. The van der Waals surface area contributed by atoms with Gasteiger partial charge in [0.05, 0.1) is 24.0 Å². The number of nitrogens with zero attached hydrogens (tertiary/aromatic N) is 1. The summed E-state index contributed by atoms with van der Waals surface area (Å²) in [6.07, 6.45) is 2.06. The molecular weight excluding hydrogens is 690 g/mol. The molecule has 0 saturated carbocycles. The summed E-state index contributed by atoms with van der Waals surface area (Å²) in [6, 6.07) is 0.466. The van der Waals surface area contributed by atoms with Gasteiger partial charge in [-0.05, 0) is 60.5 Å². The highest BCUT2D eigenvalue weighted by Gasteiger charge is 2.43. The zero-order valence-electron chi connectivity index (χ0n) is 35.1. The van der Waals surface area contributed by atoms with E-state index < -0.39 is 54.7 Å². The van der Waals surface area contributed by atoms with E-state index in [0.717, 1.165) is 19.3 Å². The first-order valence-corrected chi connectivity index (χ1v) is 19.3. The van der Waals surface area contributed by atoms with Crippen molar-refractivity contribution in [3.8, 4) is 0 Å². The first-order valence-electron chi connectivity index (χ1n) is 19.3. The van der Waals surface area contributed by atoms with Gasteiger partial charge in [0.15, 0.2) is 12.6 Å². The molecule has 0 bridgehead atoms.